The molecular formula is C20H15FN2O. The van der Waals surface area contributed by atoms with Crippen molar-refractivity contribution in [2.24, 2.45) is 0 Å². The lowest BCUT2D eigenvalue weighted by Gasteiger charge is -2.06. The first-order chi connectivity index (χ1) is 11.7. The molecule has 0 unspecified atom stereocenters. The van der Waals surface area contributed by atoms with Crippen LogP contribution in [0.2, 0.25) is 0 Å². The summed E-state index contributed by atoms with van der Waals surface area (Å²) in [6, 6.07) is 20.2. The summed E-state index contributed by atoms with van der Waals surface area (Å²) in [6.45, 7) is 2.05. The molecule has 0 saturated heterocycles. The second-order valence-corrected chi connectivity index (χ2v) is 5.68. The van der Waals surface area contributed by atoms with E-state index < -0.39 is 0 Å². The van der Waals surface area contributed by atoms with Crippen LogP contribution >= 0.6 is 0 Å². The molecule has 3 nitrogen and oxygen atoms in total. The Morgan fingerprint density at radius 3 is 2.54 bits per heavy atom. The monoisotopic (exact) mass is 318 g/mol. The van der Waals surface area contributed by atoms with Gasteiger partial charge in [0.15, 0.2) is 11.6 Å². The van der Waals surface area contributed by atoms with Crippen LogP contribution in [-0.2, 0) is 0 Å². The van der Waals surface area contributed by atoms with E-state index in [1.165, 1.54) is 11.6 Å². The second-order valence-electron chi connectivity index (χ2n) is 5.68. The van der Waals surface area contributed by atoms with Gasteiger partial charge in [-0.15, -0.1) is 0 Å². The number of hydrogen-bond acceptors (Lipinski definition) is 2. The summed E-state index contributed by atoms with van der Waals surface area (Å²) < 4.78 is 19.3. The van der Waals surface area contributed by atoms with E-state index in [9.17, 15) is 4.39 Å². The van der Waals surface area contributed by atoms with Gasteiger partial charge in [0.05, 0.1) is 11.2 Å². The highest BCUT2D eigenvalue weighted by Gasteiger charge is 2.10. The summed E-state index contributed by atoms with van der Waals surface area (Å²) in [5.41, 5.74) is 4.00. The third-order valence-electron chi connectivity index (χ3n) is 3.92. The maximum Gasteiger partial charge on any atom is 0.165 e. The number of aromatic nitrogens is 2. The van der Waals surface area contributed by atoms with Gasteiger partial charge in [-0.25, -0.2) is 4.39 Å². The highest BCUT2D eigenvalue weighted by Crippen LogP contribution is 2.31. The Bertz CT molecular complexity index is 1010. The molecule has 118 valence electrons. The Morgan fingerprint density at radius 2 is 1.75 bits per heavy atom. The quantitative estimate of drug-likeness (QED) is 0.544. The zero-order chi connectivity index (χ0) is 16.5. The van der Waals surface area contributed by atoms with Crippen LogP contribution in [0.3, 0.4) is 0 Å². The van der Waals surface area contributed by atoms with E-state index in [0.29, 0.717) is 5.75 Å². The molecule has 1 aromatic heterocycles. The van der Waals surface area contributed by atoms with Crippen LogP contribution in [-0.4, -0.2) is 10.2 Å². The fourth-order valence-electron chi connectivity index (χ4n) is 2.65. The van der Waals surface area contributed by atoms with Gasteiger partial charge < -0.3 is 4.74 Å². The average molecular weight is 318 g/mol. The first-order valence-corrected chi connectivity index (χ1v) is 7.68. The lowest BCUT2D eigenvalue weighted by molar-refractivity contribution is 0.443. The van der Waals surface area contributed by atoms with E-state index in [2.05, 4.69) is 41.4 Å². The molecule has 4 rings (SSSR count). The number of fused-ring (bicyclic) bond motifs is 1. The number of para-hydroxylation sites is 1. The Balaban J connectivity index is 1.70. The number of halogens is 1. The first-order valence-electron chi connectivity index (χ1n) is 7.68. The minimum atomic E-state index is -0.387. The molecule has 4 aromatic rings. The van der Waals surface area contributed by atoms with Gasteiger partial charge in [-0.2, -0.15) is 5.10 Å². The molecule has 0 bridgehead atoms. The van der Waals surface area contributed by atoms with Gasteiger partial charge in [0.2, 0.25) is 0 Å². The van der Waals surface area contributed by atoms with E-state index in [1.54, 1.807) is 18.2 Å². The van der Waals surface area contributed by atoms with Gasteiger partial charge in [-0.3, -0.25) is 5.10 Å². The molecule has 1 N–H and O–H groups in total. The van der Waals surface area contributed by atoms with Crippen LogP contribution in [0.1, 0.15) is 5.56 Å². The van der Waals surface area contributed by atoms with Gasteiger partial charge in [0, 0.05) is 17.0 Å². The fourth-order valence-corrected chi connectivity index (χ4v) is 2.65. The number of ether oxygens (including phenoxy) is 1. The summed E-state index contributed by atoms with van der Waals surface area (Å²) in [5, 5.41) is 8.42. The molecular weight excluding hydrogens is 303 g/mol. The molecule has 1 heterocycles. The topological polar surface area (TPSA) is 37.9 Å². The number of benzene rings is 3. The van der Waals surface area contributed by atoms with Crippen molar-refractivity contribution in [3.8, 4) is 22.8 Å². The predicted octanol–water partition coefficient (Wildman–Crippen LogP) is 5.47. The number of nitrogens with one attached hydrogen (secondary N) is 1. The van der Waals surface area contributed by atoms with Crippen LogP contribution < -0.4 is 4.74 Å². The van der Waals surface area contributed by atoms with Gasteiger partial charge in [-0.05, 0) is 31.2 Å². The van der Waals surface area contributed by atoms with Crippen molar-refractivity contribution in [2.45, 2.75) is 6.92 Å². The molecule has 0 fully saturated rings. The van der Waals surface area contributed by atoms with E-state index in [4.69, 9.17) is 4.74 Å². The minimum Gasteiger partial charge on any atom is -0.454 e. The number of rotatable bonds is 3. The number of aromatic amines is 1. The van der Waals surface area contributed by atoms with Crippen molar-refractivity contribution >= 4 is 10.9 Å². The van der Waals surface area contributed by atoms with E-state index in [-0.39, 0.29) is 11.6 Å². The molecule has 0 aliphatic carbocycles. The molecule has 0 aliphatic heterocycles. The molecule has 0 radical (unpaired) electrons. The molecule has 0 aliphatic rings. The number of H-pyrrole nitrogens is 1. The van der Waals surface area contributed by atoms with Crippen molar-refractivity contribution in [3.63, 3.8) is 0 Å². The van der Waals surface area contributed by atoms with Gasteiger partial charge in [-0.1, -0.05) is 42.0 Å². The predicted molar refractivity (Wildman–Crippen MR) is 92.7 cm³/mol. The van der Waals surface area contributed by atoms with Crippen LogP contribution in [0, 0.1) is 12.7 Å². The molecule has 3 aromatic carbocycles. The molecule has 0 atom stereocenters. The van der Waals surface area contributed by atoms with Crippen LogP contribution in [0.4, 0.5) is 4.39 Å². The number of hydrogen-bond donors (Lipinski definition) is 1. The number of nitrogens with zero attached hydrogens (tertiary/aromatic N) is 1. The zero-order valence-electron chi connectivity index (χ0n) is 13.1. The lowest BCUT2D eigenvalue weighted by atomic mass is 10.1. The second kappa shape index (κ2) is 5.81. The van der Waals surface area contributed by atoms with E-state index >= 15 is 0 Å². The summed E-state index contributed by atoms with van der Waals surface area (Å²) in [4.78, 5) is 0. The summed E-state index contributed by atoms with van der Waals surface area (Å²) >= 11 is 0. The highest BCUT2D eigenvalue weighted by molar-refractivity contribution is 5.93. The van der Waals surface area contributed by atoms with E-state index in [1.807, 2.05) is 18.2 Å². The van der Waals surface area contributed by atoms with Crippen LogP contribution in [0.5, 0.6) is 11.5 Å². The third kappa shape index (κ3) is 2.63. The standard InChI is InChI=1S/C20H15FN2O/c1-13-6-8-14(9-7-13)20-16-11-10-15(12-18(16)22-23-20)24-19-5-3-2-4-17(19)21/h2-12H,1H3,(H,22,23). The molecule has 0 saturated carbocycles. The number of aryl methyl sites for hydroxylation is 1. The Kier molecular flexibility index (Phi) is 3.50. The van der Waals surface area contributed by atoms with Crippen LogP contribution in [0.15, 0.2) is 66.7 Å². The largest absolute Gasteiger partial charge is 0.454 e. The summed E-state index contributed by atoms with van der Waals surface area (Å²) in [7, 11) is 0. The third-order valence-corrected chi connectivity index (χ3v) is 3.92. The smallest absolute Gasteiger partial charge is 0.165 e. The van der Waals surface area contributed by atoms with Gasteiger partial charge in [0.25, 0.3) is 0 Å². The van der Waals surface area contributed by atoms with Crippen molar-refractivity contribution < 1.29 is 9.13 Å². The maximum absolute atomic E-state index is 13.7. The maximum atomic E-state index is 13.7. The normalized spacial score (nSPS) is 10.9. The minimum absolute atomic E-state index is 0.204. The van der Waals surface area contributed by atoms with Crippen molar-refractivity contribution in [1.29, 1.82) is 0 Å². The van der Waals surface area contributed by atoms with Crippen molar-refractivity contribution in [2.75, 3.05) is 0 Å². The first kappa shape index (κ1) is 14.5. The Labute approximate surface area is 138 Å². The van der Waals surface area contributed by atoms with Gasteiger partial charge >= 0.3 is 0 Å². The van der Waals surface area contributed by atoms with E-state index in [0.717, 1.165) is 22.2 Å². The van der Waals surface area contributed by atoms with Crippen molar-refractivity contribution in [3.05, 3.63) is 78.1 Å². The summed E-state index contributed by atoms with van der Waals surface area (Å²) in [6.07, 6.45) is 0. The molecule has 0 amide bonds. The zero-order valence-corrected chi connectivity index (χ0v) is 13.1. The van der Waals surface area contributed by atoms with Gasteiger partial charge in [0.1, 0.15) is 5.75 Å². The molecule has 0 spiro atoms. The molecule has 24 heavy (non-hydrogen) atoms. The highest BCUT2D eigenvalue weighted by atomic mass is 19.1. The van der Waals surface area contributed by atoms with Crippen molar-refractivity contribution in [1.82, 2.24) is 10.2 Å². The SMILES string of the molecule is Cc1ccc(-c2n[nH]c3cc(Oc4ccccc4F)ccc23)cc1. The van der Waals surface area contributed by atoms with Crippen LogP contribution in [0.25, 0.3) is 22.2 Å². The summed E-state index contributed by atoms with van der Waals surface area (Å²) in [5.74, 6) is 0.379. The Hall–Kier alpha value is -3.14. The Morgan fingerprint density at radius 1 is 0.958 bits per heavy atom. The lowest BCUT2D eigenvalue weighted by Crippen LogP contribution is -1.87. The fraction of sp³-hybridized carbons (Fsp3) is 0.0500. The average Bonchev–Trinajstić information content (AvgIpc) is 3.01. The molecule has 4 heteroatoms.